The van der Waals surface area contributed by atoms with E-state index in [2.05, 4.69) is 10.2 Å². The van der Waals surface area contributed by atoms with E-state index in [4.69, 9.17) is 62.4 Å². The number of ether oxygens (including phenoxy) is 2. The van der Waals surface area contributed by atoms with Crippen LogP contribution in [0.5, 0.6) is 23.0 Å². The lowest BCUT2D eigenvalue weighted by molar-refractivity contribution is -0.385. The van der Waals surface area contributed by atoms with Crippen LogP contribution in [0.3, 0.4) is 0 Å². The van der Waals surface area contributed by atoms with Crippen LogP contribution >= 0.6 is 50.3 Å². The quantitative estimate of drug-likeness (QED) is 0.0409. The van der Waals surface area contributed by atoms with Crippen LogP contribution in [0.25, 0.3) is 0 Å². The van der Waals surface area contributed by atoms with Crippen molar-refractivity contribution in [2.45, 2.75) is 65.8 Å². The Bertz CT molecular complexity index is 2220. The molecule has 0 aliphatic rings. The summed E-state index contributed by atoms with van der Waals surface area (Å²) in [5.41, 5.74) is -0.543. The van der Waals surface area contributed by atoms with Crippen molar-refractivity contribution in [3.8, 4) is 23.0 Å². The Balaban J connectivity index is 0.000000316. The predicted octanol–water partition coefficient (Wildman–Crippen LogP) is 10.1. The van der Waals surface area contributed by atoms with Crippen LogP contribution in [0.4, 0.5) is 11.4 Å². The number of nitro benzene ring substituents is 2. The Morgan fingerprint density at radius 2 is 0.932 bits per heavy atom. The smallest absolute Gasteiger partial charge is 0.462 e. The third-order valence-corrected chi connectivity index (χ3v) is 10.9. The van der Waals surface area contributed by atoms with E-state index >= 15 is 0 Å². The lowest BCUT2D eigenvalue weighted by atomic mass is 10.3. The van der Waals surface area contributed by atoms with E-state index in [1.807, 2.05) is 0 Å². The molecule has 0 spiro atoms. The monoisotopic (exact) mass is 918 g/mol. The maximum atomic E-state index is 13.5. The Labute approximate surface area is 353 Å². The van der Waals surface area contributed by atoms with Crippen molar-refractivity contribution in [3.63, 3.8) is 0 Å². The molecule has 318 valence electrons. The van der Waals surface area contributed by atoms with Crippen LogP contribution in [0.2, 0.25) is 15.1 Å². The minimum Gasteiger partial charge on any atom is -0.462 e. The van der Waals surface area contributed by atoms with E-state index in [-0.39, 0.29) is 55.5 Å². The second-order valence-corrected chi connectivity index (χ2v) is 17.0. The highest BCUT2D eigenvalue weighted by molar-refractivity contribution is 7.52. The average molecular weight is 920 g/mol. The number of nitrogens with one attached hydrogen (secondary N) is 2. The predicted molar refractivity (Wildman–Crippen MR) is 219 cm³/mol. The number of hydrogen-bond acceptors (Lipinski definition) is 14. The second kappa shape index (κ2) is 21.9. The highest BCUT2D eigenvalue weighted by Crippen LogP contribution is 2.50. The first-order valence-corrected chi connectivity index (χ1v) is 21.4. The molecule has 0 unspecified atom stereocenters. The summed E-state index contributed by atoms with van der Waals surface area (Å²) in [6, 6.07) is 19.0. The maximum absolute atomic E-state index is 13.5. The minimum atomic E-state index is -4.30. The molecule has 59 heavy (non-hydrogen) atoms. The number of carbonyl (C=O) groups excluding carboxylic acids is 2. The van der Waals surface area contributed by atoms with Crippen molar-refractivity contribution in [1.29, 1.82) is 0 Å². The highest BCUT2D eigenvalue weighted by atomic mass is 35.5. The molecule has 0 aromatic heterocycles. The molecule has 0 fully saturated rings. The van der Waals surface area contributed by atoms with Crippen molar-refractivity contribution in [2.24, 2.45) is 0 Å². The molecular weight excluding hydrogens is 881 g/mol. The van der Waals surface area contributed by atoms with Gasteiger partial charge in [0.05, 0.1) is 37.1 Å². The first-order chi connectivity index (χ1) is 27.6. The van der Waals surface area contributed by atoms with Gasteiger partial charge in [0.1, 0.15) is 23.6 Å². The molecule has 23 heteroatoms. The second-order valence-electron chi connectivity index (χ2n) is 12.5. The molecule has 0 aliphatic heterocycles. The molecule has 0 amide bonds. The van der Waals surface area contributed by atoms with Gasteiger partial charge in [-0.15, -0.1) is 0 Å². The summed E-state index contributed by atoms with van der Waals surface area (Å²) in [6.07, 6.45) is -0.762. The van der Waals surface area contributed by atoms with Gasteiger partial charge in [0, 0.05) is 24.3 Å². The molecule has 4 rings (SSSR count). The number of nitro groups is 2. The van der Waals surface area contributed by atoms with Crippen molar-refractivity contribution in [3.05, 3.63) is 126 Å². The molecule has 0 aliphatic carbocycles. The summed E-state index contributed by atoms with van der Waals surface area (Å²) >= 11 is 18.1. The van der Waals surface area contributed by atoms with Crippen LogP contribution in [0.1, 0.15) is 41.5 Å². The third-order valence-electron chi connectivity index (χ3n) is 6.83. The molecule has 4 aromatic rings. The van der Waals surface area contributed by atoms with Gasteiger partial charge in [0.15, 0.2) is 11.5 Å². The Kier molecular flexibility index (Phi) is 18.0. The van der Waals surface area contributed by atoms with Crippen LogP contribution < -0.4 is 28.3 Å². The Hall–Kier alpha value is -4.93. The third kappa shape index (κ3) is 15.6. The van der Waals surface area contributed by atoms with E-state index in [1.54, 1.807) is 70.2 Å². The summed E-state index contributed by atoms with van der Waals surface area (Å²) in [5.74, 6) is -1.38. The van der Waals surface area contributed by atoms with Gasteiger partial charge in [-0.1, -0.05) is 65.1 Å². The first-order valence-electron chi connectivity index (χ1n) is 17.2. The van der Waals surface area contributed by atoms with Gasteiger partial charge in [-0.2, -0.15) is 10.2 Å². The van der Waals surface area contributed by atoms with Crippen molar-refractivity contribution in [2.75, 3.05) is 0 Å². The van der Waals surface area contributed by atoms with E-state index in [1.165, 1.54) is 38.1 Å². The summed E-state index contributed by atoms with van der Waals surface area (Å²) in [7, 11) is -8.49. The van der Waals surface area contributed by atoms with Crippen LogP contribution in [0.15, 0.2) is 91.0 Å². The lowest BCUT2D eigenvalue weighted by Crippen LogP contribution is -2.36. The lowest BCUT2D eigenvalue weighted by Gasteiger charge is -2.24. The fourth-order valence-corrected chi connectivity index (χ4v) is 8.13. The van der Waals surface area contributed by atoms with Crippen LogP contribution in [-0.2, 0) is 28.2 Å². The zero-order valence-electron chi connectivity index (χ0n) is 32.1. The van der Waals surface area contributed by atoms with Gasteiger partial charge < -0.3 is 27.6 Å². The van der Waals surface area contributed by atoms with E-state index in [0.717, 1.165) is 24.3 Å². The molecule has 4 aromatic carbocycles. The van der Waals surface area contributed by atoms with Crippen molar-refractivity contribution in [1.82, 2.24) is 10.2 Å². The zero-order valence-corrected chi connectivity index (χ0v) is 36.2. The first kappa shape index (κ1) is 48.4. The van der Waals surface area contributed by atoms with E-state index in [0.29, 0.717) is 0 Å². The fraction of sp³-hybridized carbons (Fsp3) is 0.278. The summed E-state index contributed by atoms with van der Waals surface area (Å²) in [6.45, 7) is 9.53. The average Bonchev–Trinajstić information content (AvgIpc) is 3.14. The molecule has 0 saturated carbocycles. The number of halogens is 3. The number of hydrogen-bond donors (Lipinski definition) is 2. The minimum absolute atomic E-state index is 0.0254. The highest BCUT2D eigenvalue weighted by Gasteiger charge is 2.36. The van der Waals surface area contributed by atoms with Gasteiger partial charge in [0.2, 0.25) is 0 Å². The molecule has 0 radical (unpaired) electrons. The SMILES string of the molecule is CC(C)OC(=O)[C@H](C)N[P@@](=O)(Oc1ccccc1Cl)Oc1ccc([N+](=O)[O-])cc1Cl.CC(C)OC(=O)[C@H](C)N[P@](=O)(Oc1ccccc1)Oc1ccc([N+](=O)[O-])cc1Cl. The van der Waals surface area contributed by atoms with Crippen LogP contribution in [0, 0.1) is 20.2 Å². The number of esters is 2. The standard InChI is InChI=1S/C18H19Cl2N2O7P.C18H20ClN2O7P/c1-11(2)27-18(23)12(3)21-30(26,28-16-7-5-4-6-14(16)19)29-17-9-8-13(22(24)25)10-15(17)20;1-12(2)26-18(22)13(3)20-29(25,27-15-7-5-4-6-8-15)28-17-10-9-14(21(23)24)11-16(17)19/h4-12H,1-3H3,(H,21,26);4-13H,1-3H3,(H,20,25)/t12-,30+;13-,29-/m00/s1. The van der Waals surface area contributed by atoms with Gasteiger partial charge in [-0.25, -0.2) is 9.13 Å². The number of carbonyl (C=O) groups is 2. The van der Waals surface area contributed by atoms with Gasteiger partial charge in [-0.05, 0) is 77.9 Å². The topological polar surface area (TPSA) is 234 Å². The van der Waals surface area contributed by atoms with Crippen molar-refractivity contribution >= 4 is 73.6 Å². The van der Waals surface area contributed by atoms with Gasteiger partial charge >= 0.3 is 27.4 Å². The van der Waals surface area contributed by atoms with Crippen LogP contribution in [-0.4, -0.2) is 46.1 Å². The Morgan fingerprint density at radius 1 is 0.559 bits per heavy atom. The molecule has 2 N–H and O–H groups in total. The number of benzene rings is 4. The molecule has 18 nitrogen and oxygen atoms in total. The normalized spacial score (nSPS) is 13.9. The maximum Gasteiger partial charge on any atom is 0.513 e. The van der Waals surface area contributed by atoms with Gasteiger partial charge in [-0.3, -0.25) is 29.8 Å². The van der Waals surface area contributed by atoms with E-state index in [9.17, 15) is 38.9 Å². The number of para-hydroxylation sites is 2. The number of non-ortho nitro benzene ring substituents is 2. The summed E-state index contributed by atoms with van der Waals surface area (Å²) in [4.78, 5) is 44.7. The number of nitrogens with zero attached hydrogens (tertiary/aromatic N) is 2. The molecule has 0 saturated heterocycles. The fourth-order valence-electron chi connectivity index (χ4n) is 4.27. The molecule has 4 atom stereocenters. The Morgan fingerprint density at radius 3 is 1.31 bits per heavy atom. The molecule has 0 heterocycles. The van der Waals surface area contributed by atoms with Crippen molar-refractivity contribution < 1.29 is 56.1 Å². The summed E-state index contributed by atoms with van der Waals surface area (Å²) < 4.78 is 58.9. The number of rotatable bonds is 18. The largest absolute Gasteiger partial charge is 0.513 e. The molecular formula is C36H39Cl3N4O14P2. The zero-order chi connectivity index (χ0) is 44.1. The van der Waals surface area contributed by atoms with Gasteiger partial charge in [0.25, 0.3) is 11.4 Å². The summed E-state index contributed by atoms with van der Waals surface area (Å²) in [5, 5.41) is 26.6. The molecule has 0 bridgehead atoms. The van der Waals surface area contributed by atoms with E-state index < -0.39 is 55.5 Å².